The van der Waals surface area contributed by atoms with E-state index in [1.165, 1.54) is 22.3 Å². The Morgan fingerprint density at radius 2 is 1.67 bits per heavy atom. The van der Waals surface area contributed by atoms with Crippen LogP contribution >= 0.6 is 23.2 Å². The number of carbonyl (C=O) groups excluding carboxylic acids is 1. The average Bonchev–Trinajstić information content (AvgIpc) is 3.59. The van der Waals surface area contributed by atoms with Crippen molar-refractivity contribution in [1.82, 2.24) is 10.2 Å². The van der Waals surface area contributed by atoms with Gasteiger partial charge in [0.05, 0.1) is 10.0 Å². The number of carbonyl (C=O) groups is 1. The first-order chi connectivity index (χ1) is 20.3. The molecule has 1 heterocycles. The summed E-state index contributed by atoms with van der Waals surface area (Å²) in [4.78, 5) is 16.6. The molecule has 1 amide bonds. The second kappa shape index (κ2) is 12.5. The smallest absolute Gasteiger partial charge is 0.227 e. The summed E-state index contributed by atoms with van der Waals surface area (Å²) in [7, 11) is 0. The van der Waals surface area contributed by atoms with Crippen LogP contribution in [0.4, 0.5) is 0 Å². The molecular formula is C35H40Cl2N2O3. The highest BCUT2D eigenvalue weighted by atomic mass is 35.5. The fourth-order valence-electron chi connectivity index (χ4n) is 6.97. The fraction of sp³-hybridized carbons (Fsp3) is 0.457. The standard InChI is InChI=1S/C35H40Cl2N2O3/c1-21-15-31(36)34(32(37)16-21)42-14-13-41-28-11-7-24(8-12-28)29-17-26-18-38-19-30(26)33(29)35(40)39(27-9-10-27)20-25-6-4-5-22(2)23(25)3/h4-8,11-12,15-16,26-27,29-30,33,38H,9-10,13-14,17-20H2,1-3H3/t26-,29+,30+,33-/m1/s1. The van der Waals surface area contributed by atoms with E-state index in [0.717, 1.165) is 43.7 Å². The molecule has 4 atom stereocenters. The Bertz CT molecular complexity index is 1420. The van der Waals surface area contributed by atoms with Crippen molar-refractivity contribution < 1.29 is 14.3 Å². The normalized spacial score (nSPS) is 23.1. The number of ether oxygens (including phenoxy) is 2. The maximum absolute atomic E-state index is 14.4. The van der Waals surface area contributed by atoms with Crippen LogP contribution in [0.5, 0.6) is 11.5 Å². The van der Waals surface area contributed by atoms with Gasteiger partial charge in [-0.1, -0.05) is 53.5 Å². The summed E-state index contributed by atoms with van der Waals surface area (Å²) in [5.74, 6) is 2.75. The van der Waals surface area contributed by atoms with Crippen molar-refractivity contribution in [2.75, 3.05) is 26.3 Å². The summed E-state index contributed by atoms with van der Waals surface area (Å²) < 4.78 is 11.8. The number of hydrogen-bond acceptors (Lipinski definition) is 4. The molecular weight excluding hydrogens is 567 g/mol. The number of fused-ring (bicyclic) bond motifs is 1. The maximum Gasteiger partial charge on any atom is 0.227 e. The van der Waals surface area contributed by atoms with Gasteiger partial charge in [-0.2, -0.15) is 0 Å². The van der Waals surface area contributed by atoms with Gasteiger partial charge in [-0.3, -0.25) is 4.79 Å². The topological polar surface area (TPSA) is 50.8 Å². The maximum atomic E-state index is 14.4. The van der Waals surface area contributed by atoms with E-state index in [4.69, 9.17) is 32.7 Å². The Labute approximate surface area is 259 Å². The summed E-state index contributed by atoms with van der Waals surface area (Å²) in [5, 5.41) is 4.57. The second-order valence-electron chi connectivity index (χ2n) is 12.3. The van der Waals surface area contributed by atoms with Gasteiger partial charge in [0.15, 0.2) is 5.75 Å². The van der Waals surface area contributed by atoms with E-state index in [2.05, 4.69) is 54.4 Å². The number of amides is 1. The van der Waals surface area contributed by atoms with Crippen molar-refractivity contribution >= 4 is 29.1 Å². The average molecular weight is 608 g/mol. The number of halogens is 2. The monoisotopic (exact) mass is 606 g/mol. The molecule has 0 bridgehead atoms. The van der Waals surface area contributed by atoms with E-state index in [9.17, 15) is 4.79 Å². The summed E-state index contributed by atoms with van der Waals surface area (Å²) in [6, 6.07) is 18.8. The van der Waals surface area contributed by atoms with Gasteiger partial charge in [-0.15, -0.1) is 0 Å². The molecule has 7 heteroatoms. The van der Waals surface area contributed by atoms with Crippen molar-refractivity contribution in [3.05, 3.63) is 92.5 Å². The number of benzene rings is 3. The molecule has 1 aliphatic heterocycles. The third-order valence-electron chi connectivity index (χ3n) is 9.51. The molecule has 2 aliphatic carbocycles. The Morgan fingerprint density at radius 3 is 2.38 bits per heavy atom. The molecule has 3 aliphatic rings. The van der Waals surface area contributed by atoms with E-state index >= 15 is 0 Å². The molecule has 222 valence electrons. The molecule has 0 spiro atoms. The van der Waals surface area contributed by atoms with Crippen LogP contribution in [0.1, 0.15) is 53.0 Å². The van der Waals surface area contributed by atoms with Gasteiger partial charge >= 0.3 is 0 Å². The van der Waals surface area contributed by atoms with Crippen LogP contribution in [-0.4, -0.2) is 43.2 Å². The number of hydrogen-bond donors (Lipinski definition) is 1. The van der Waals surface area contributed by atoms with Crippen LogP contribution in [-0.2, 0) is 11.3 Å². The molecule has 3 aromatic carbocycles. The van der Waals surface area contributed by atoms with Crippen LogP contribution in [0.15, 0.2) is 54.6 Å². The van der Waals surface area contributed by atoms with E-state index in [1.807, 2.05) is 31.2 Å². The molecule has 3 fully saturated rings. The molecule has 3 aromatic rings. The number of nitrogens with one attached hydrogen (secondary N) is 1. The van der Waals surface area contributed by atoms with E-state index in [1.54, 1.807) is 0 Å². The van der Waals surface area contributed by atoms with E-state index in [0.29, 0.717) is 59.3 Å². The molecule has 0 aromatic heterocycles. The summed E-state index contributed by atoms with van der Waals surface area (Å²) in [6.07, 6.45) is 3.26. The lowest BCUT2D eigenvalue weighted by atomic mass is 9.83. The van der Waals surface area contributed by atoms with Crippen molar-refractivity contribution in [2.24, 2.45) is 17.8 Å². The van der Waals surface area contributed by atoms with E-state index < -0.39 is 0 Å². The van der Waals surface area contributed by atoms with Crippen LogP contribution in [0, 0.1) is 38.5 Å². The predicted molar refractivity (Wildman–Crippen MR) is 169 cm³/mol. The van der Waals surface area contributed by atoms with Gasteiger partial charge in [0.2, 0.25) is 5.91 Å². The van der Waals surface area contributed by atoms with Crippen LogP contribution in [0.3, 0.4) is 0 Å². The third-order valence-corrected chi connectivity index (χ3v) is 10.1. The van der Waals surface area contributed by atoms with Gasteiger partial charge in [-0.25, -0.2) is 0 Å². The van der Waals surface area contributed by atoms with Gasteiger partial charge in [0, 0.05) is 18.5 Å². The molecule has 6 rings (SSSR count). The van der Waals surface area contributed by atoms with Gasteiger partial charge < -0.3 is 19.7 Å². The van der Waals surface area contributed by atoms with Crippen molar-refractivity contribution in [2.45, 2.75) is 58.5 Å². The quantitative estimate of drug-likeness (QED) is 0.243. The second-order valence-corrected chi connectivity index (χ2v) is 13.1. The van der Waals surface area contributed by atoms with Crippen molar-refractivity contribution in [3.63, 3.8) is 0 Å². The highest BCUT2D eigenvalue weighted by Gasteiger charge is 2.51. The number of aryl methyl sites for hydroxylation is 2. The zero-order chi connectivity index (χ0) is 29.4. The minimum Gasteiger partial charge on any atom is -0.490 e. The Hall–Kier alpha value is -2.73. The van der Waals surface area contributed by atoms with Crippen LogP contribution in [0.25, 0.3) is 0 Å². The van der Waals surface area contributed by atoms with Crippen LogP contribution in [0.2, 0.25) is 10.0 Å². The highest BCUT2D eigenvalue weighted by Crippen LogP contribution is 2.50. The largest absolute Gasteiger partial charge is 0.490 e. The van der Waals surface area contributed by atoms with Crippen molar-refractivity contribution in [1.29, 1.82) is 0 Å². The predicted octanol–water partition coefficient (Wildman–Crippen LogP) is 7.51. The number of rotatable bonds is 10. The van der Waals surface area contributed by atoms with Gasteiger partial charge in [0.1, 0.15) is 19.0 Å². The van der Waals surface area contributed by atoms with Crippen molar-refractivity contribution in [3.8, 4) is 11.5 Å². The molecule has 0 unspecified atom stereocenters. The van der Waals surface area contributed by atoms with Gasteiger partial charge in [0.25, 0.3) is 0 Å². The molecule has 1 saturated heterocycles. The SMILES string of the molecule is Cc1cc(Cl)c(OCCOc2ccc([C@@H]3C[C@@H]4CNC[C@@H]4[C@@H]3C(=O)N(Cc3cccc(C)c3C)C3CC3)cc2)c(Cl)c1. The molecule has 5 nitrogen and oxygen atoms in total. The van der Waals surface area contributed by atoms with Gasteiger partial charge in [-0.05, 0) is 123 Å². The minimum absolute atomic E-state index is 0.000102. The lowest BCUT2D eigenvalue weighted by Crippen LogP contribution is -2.41. The minimum atomic E-state index is -0.000102. The first kappa shape index (κ1) is 29.3. The fourth-order valence-corrected chi connectivity index (χ4v) is 7.68. The summed E-state index contributed by atoms with van der Waals surface area (Å²) >= 11 is 12.6. The molecule has 1 N–H and O–H groups in total. The zero-order valence-corrected chi connectivity index (χ0v) is 26.2. The summed E-state index contributed by atoms with van der Waals surface area (Å²) in [5.41, 5.74) is 6.06. The summed E-state index contributed by atoms with van der Waals surface area (Å²) in [6.45, 7) is 9.61. The van der Waals surface area contributed by atoms with Crippen LogP contribution < -0.4 is 14.8 Å². The third kappa shape index (κ3) is 6.15. The molecule has 2 saturated carbocycles. The number of nitrogens with zero attached hydrogens (tertiary/aromatic N) is 1. The lowest BCUT2D eigenvalue weighted by Gasteiger charge is -2.32. The Kier molecular flexibility index (Phi) is 8.72. The first-order valence-corrected chi connectivity index (χ1v) is 15.9. The molecule has 0 radical (unpaired) electrons. The lowest BCUT2D eigenvalue weighted by molar-refractivity contribution is -0.138. The van der Waals surface area contributed by atoms with E-state index in [-0.39, 0.29) is 11.8 Å². The Balaban J connectivity index is 1.13. The highest BCUT2D eigenvalue weighted by molar-refractivity contribution is 6.37. The first-order valence-electron chi connectivity index (χ1n) is 15.2. The Morgan fingerprint density at radius 1 is 0.952 bits per heavy atom. The zero-order valence-electron chi connectivity index (χ0n) is 24.7. The molecule has 42 heavy (non-hydrogen) atoms.